The number of rotatable bonds is 4. The minimum Gasteiger partial charge on any atom is -0.409 e. The fraction of sp³-hybridized carbons (Fsp3) is 0.188. The average Bonchev–Trinajstić information content (AvgIpc) is 2.50. The van der Waals surface area contributed by atoms with Gasteiger partial charge in [-0.3, -0.25) is 0 Å². The van der Waals surface area contributed by atoms with Gasteiger partial charge in [0.1, 0.15) is 5.82 Å². The highest BCUT2D eigenvalue weighted by Crippen LogP contribution is 2.19. The number of nitrogens with zero attached hydrogens (tertiary/aromatic N) is 2. The van der Waals surface area contributed by atoms with Crippen molar-refractivity contribution in [2.45, 2.75) is 13.5 Å². The highest BCUT2D eigenvalue weighted by molar-refractivity contribution is 5.97. The van der Waals surface area contributed by atoms with Crippen molar-refractivity contribution in [1.29, 1.82) is 0 Å². The van der Waals surface area contributed by atoms with Gasteiger partial charge in [0.25, 0.3) is 0 Å². The second-order valence-corrected chi connectivity index (χ2v) is 4.96. The fourth-order valence-corrected chi connectivity index (χ4v) is 2.10. The minimum atomic E-state index is -0.230. The van der Waals surface area contributed by atoms with Gasteiger partial charge in [-0.1, -0.05) is 11.2 Å². The van der Waals surface area contributed by atoms with Crippen molar-refractivity contribution in [3.05, 3.63) is 65.0 Å². The second-order valence-electron chi connectivity index (χ2n) is 4.96. The Kier molecular flexibility index (Phi) is 4.42. The van der Waals surface area contributed by atoms with Crippen molar-refractivity contribution in [2.24, 2.45) is 10.9 Å². The number of hydrogen-bond donors (Lipinski definition) is 2. The molecule has 4 nitrogen and oxygen atoms in total. The van der Waals surface area contributed by atoms with E-state index < -0.39 is 0 Å². The lowest BCUT2D eigenvalue weighted by atomic mass is 10.1. The normalized spacial score (nSPS) is 11.5. The number of oxime groups is 1. The summed E-state index contributed by atoms with van der Waals surface area (Å²) >= 11 is 0. The van der Waals surface area contributed by atoms with Gasteiger partial charge in [0.05, 0.1) is 0 Å². The smallest absolute Gasteiger partial charge is 0.170 e. The van der Waals surface area contributed by atoms with E-state index in [1.54, 1.807) is 24.3 Å². The Labute approximate surface area is 123 Å². The van der Waals surface area contributed by atoms with Crippen molar-refractivity contribution in [1.82, 2.24) is 0 Å². The monoisotopic (exact) mass is 287 g/mol. The van der Waals surface area contributed by atoms with Gasteiger partial charge in [0.2, 0.25) is 0 Å². The van der Waals surface area contributed by atoms with Gasteiger partial charge >= 0.3 is 0 Å². The highest BCUT2D eigenvalue weighted by atomic mass is 19.1. The third-order valence-corrected chi connectivity index (χ3v) is 3.43. The summed E-state index contributed by atoms with van der Waals surface area (Å²) in [4.78, 5) is 2.01. The van der Waals surface area contributed by atoms with Crippen LogP contribution in [0.3, 0.4) is 0 Å². The highest BCUT2D eigenvalue weighted by Gasteiger charge is 2.07. The molecule has 0 aliphatic heterocycles. The molecule has 0 bridgehead atoms. The van der Waals surface area contributed by atoms with E-state index in [9.17, 15) is 4.39 Å². The first kappa shape index (κ1) is 14.8. The van der Waals surface area contributed by atoms with Gasteiger partial charge in [-0.05, 0) is 54.4 Å². The van der Waals surface area contributed by atoms with Crippen LogP contribution in [0.1, 0.15) is 16.7 Å². The van der Waals surface area contributed by atoms with Crippen LogP contribution in [0.5, 0.6) is 0 Å². The fourth-order valence-electron chi connectivity index (χ4n) is 2.10. The van der Waals surface area contributed by atoms with E-state index in [1.165, 1.54) is 6.07 Å². The number of amidine groups is 1. The zero-order chi connectivity index (χ0) is 15.4. The summed E-state index contributed by atoms with van der Waals surface area (Å²) < 4.78 is 13.3. The summed E-state index contributed by atoms with van der Waals surface area (Å²) in [5.41, 5.74) is 9.14. The van der Waals surface area contributed by atoms with Gasteiger partial charge in [-0.25, -0.2) is 4.39 Å². The summed E-state index contributed by atoms with van der Waals surface area (Å²) in [7, 11) is 1.93. The molecule has 21 heavy (non-hydrogen) atoms. The van der Waals surface area contributed by atoms with Crippen LogP contribution >= 0.6 is 0 Å². The molecule has 2 aromatic carbocycles. The van der Waals surface area contributed by atoms with E-state index in [0.29, 0.717) is 12.1 Å². The van der Waals surface area contributed by atoms with Crippen LogP contribution in [0.15, 0.2) is 47.6 Å². The van der Waals surface area contributed by atoms with Crippen molar-refractivity contribution < 1.29 is 9.60 Å². The number of anilines is 1. The van der Waals surface area contributed by atoms with Crippen LogP contribution in [0.2, 0.25) is 0 Å². The molecule has 0 spiro atoms. The summed E-state index contributed by atoms with van der Waals surface area (Å²) in [5, 5.41) is 11.6. The molecule has 0 heterocycles. The summed E-state index contributed by atoms with van der Waals surface area (Å²) in [6, 6.07) is 12.1. The maximum Gasteiger partial charge on any atom is 0.170 e. The Bertz CT molecular complexity index is 653. The SMILES string of the molecule is Cc1ccc(F)cc1CN(C)c1ccc(/C(N)=N/O)cc1. The van der Waals surface area contributed by atoms with Crippen LogP contribution in [0, 0.1) is 12.7 Å². The molecule has 0 atom stereocenters. The predicted octanol–water partition coefficient (Wildman–Crippen LogP) is 2.87. The third kappa shape index (κ3) is 3.51. The van der Waals surface area contributed by atoms with Crippen LogP contribution in [0.4, 0.5) is 10.1 Å². The Morgan fingerprint density at radius 3 is 2.52 bits per heavy atom. The molecular weight excluding hydrogens is 269 g/mol. The Morgan fingerprint density at radius 2 is 1.90 bits per heavy atom. The molecule has 2 aromatic rings. The average molecular weight is 287 g/mol. The molecule has 0 amide bonds. The molecule has 0 saturated heterocycles. The largest absolute Gasteiger partial charge is 0.409 e. The Hall–Kier alpha value is -2.56. The molecule has 0 aliphatic carbocycles. The lowest BCUT2D eigenvalue weighted by molar-refractivity contribution is 0.318. The molecule has 2 rings (SSSR count). The molecular formula is C16H18FN3O. The van der Waals surface area contributed by atoms with Gasteiger partial charge in [-0.15, -0.1) is 0 Å². The van der Waals surface area contributed by atoms with Crippen molar-refractivity contribution in [3.8, 4) is 0 Å². The Balaban J connectivity index is 2.16. The molecule has 0 unspecified atom stereocenters. The lowest BCUT2D eigenvalue weighted by Crippen LogP contribution is -2.18. The Morgan fingerprint density at radius 1 is 1.24 bits per heavy atom. The van der Waals surface area contributed by atoms with Crippen molar-refractivity contribution >= 4 is 11.5 Å². The molecule has 0 aliphatic rings. The molecule has 0 saturated carbocycles. The number of halogens is 1. The maximum absolute atomic E-state index is 13.3. The topological polar surface area (TPSA) is 61.8 Å². The van der Waals surface area contributed by atoms with Gasteiger partial charge < -0.3 is 15.8 Å². The van der Waals surface area contributed by atoms with Crippen LogP contribution in [-0.2, 0) is 6.54 Å². The molecule has 3 N–H and O–H groups in total. The van der Waals surface area contributed by atoms with Crippen molar-refractivity contribution in [3.63, 3.8) is 0 Å². The van der Waals surface area contributed by atoms with Crippen molar-refractivity contribution in [2.75, 3.05) is 11.9 Å². The molecule has 0 fully saturated rings. The standard InChI is InChI=1S/C16H18FN3O/c1-11-3-6-14(17)9-13(11)10-20(2)15-7-4-12(5-8-15)16(18)19-21/h3-9,21H,10H2,1-2H3,(H2,18,19). The molecule has 0 aromatic heterocycles. The zero-order valence-corrected chi connectivity index (χ0v) is 12.0. The number of nitrogens with two attached hydrogens (primary N) is 1. The predicted molar refractivity (Wildman–Crippen MR) is 82.2 cm³/mol. The number of hydrogen-bond acceptors (Lipinski definition) is 3. The maximum atomic E-state index is 13.3. The molecule has 110 valence electrons. The summed E-state index contributed by atoms with van der Waals surface area (Å²) in [6.45, 7) is 2.57. The van der Waals surface area contributed by atoms with E-state index in [2.05, 4.69) is 5.16 Å². The number of benzene rings is 2. The van der Waals surface area contributed by atoms with E-state index in [4.69, 9.17) is 10.9 Å². The number of aryl methyl sites for hydroxylation is 1. The molecule has 0 radical (unpaired) electrons. The second kappa shape index (κ2) is 6.26. The van der Waals surface area contributed by atoms with Crippen LogP contribution in [0.25, 0.3) is 0 Å². The van der Waals surface area contributed by atoms with E-state index >= 15 is 0 Å². The first-order valence-electron chi connectivity index (χ1n) is 6.55. The van der Waals surface area contributed by atoms with Gasteiger partial charge in [-0.2, -0.15) is 0 Å². The van der Waals surface area contributed by atoms with Gasteiger partial charge in [0.15, 0.2) is 5.84 Å². The van der Waals surface area contributed by atoms with E-state index in [-0.39, 0.29) is 11.7 Å². The lowest BCUT2D eigenvalue weighted by Gasteiger charge is -2.21. The van der Waals surface area contributed by atoms with Gasteiger partial charge in [0, 0.05) is 24.8 Å². The van der Waals surface area contributed by atoms with Crippen LogP contribution < -0.4 is 10.6 Å². The van der Waals surface area contributed by atoms with Crippen LogP contribution in [-0.4, -0.2) is 18.1 Å². The summed E-state index contributed by atoms with van der Waals surface area (Å²) in [5.74, 6) is -0.156. The quantitative estimate of drug-likeness (QED) is 0.393. The first-order valence-corrected chi connectivity index (χ1v) is 6.55. The van der Waals surface area contributed by atoms with E-state index in [0.717, 1.165) is 16.8 Å². The zero-order valence-electron chi connectivity index (χ0n) is 12.0. The first-order chi connectivity index (χ1) is 10.0. The summed E-state index contributed by atoms with van der Waals surface area (Å²) in [6.07, 6.45) is 0. The molecule has 5 heteroatoms. The third-order valence-electron chi connectivity index (χ3n) is 3.43. The minimum absolute atomic E-state index is 0.0742. The van der Waals surface area contributed by atoms with E-state index in [1.807, 2.05) is 31.0 Å².